The van der Waals surface area contributed by atoms with E-state index in [2.05, 4.69) is 0 Å². The summed E-state index contributed by atoms with van der Waals surface area (Å²) in [5, 5.41) is 7.91. The van der Waals surface area contributed by atoms with Gasteiger partial charge >= 0.3 is 5.97 Å². The Bertz CT molecular complexity index is 62.5. The van der Waals surface area contributed by atoms with Crippen LogP contribution in [0.25, 0.3) is 0 Å². The molecule has 0 atom stereocenters. The van der Waals surface area contributed by atoms with Crippen molar-refractivity contribution in [3.63, 3.8) is 0 Å². The van der Waals surface area contributed by atoms with E-state index in [1.54, 1.807) is 0 Å². The molecule has 0 bridgehead atoms. The number of rotatable bonds is 2. The van der Waals surface area contributed by atoms with Crippen LogP contribution in [0.4, 0.5) is 0 Å². The summed E-state index contributed by atoms with van der Waals surface area (Å²) in [6.45, 7) is 1.84. The second-order valence-corrected chi connectivity index (χ2v) is 1.14. The molecule has 3 N–H and O–H groups in total. The Hall–Kier alpha value is 0.690. The van der Waals surface area contributed by atoms with E-state index in [0.29, 0.717) is 6.42 Å². The van der Waals surface area contributed by atoms with Crippen molar-refractivity contribution in [1.29, 1.82) is 0 Å². The molecule has 0 rings (SSSR count). The van der Waals surface area contributed by atoms with Gasteiger partial charge in [0.15, 0.2) is 0 Å². The van der Waals surface area contributed by atoms with Gasteiger partial charge in [0.1, 0.15) is 0 Å². The van der Waals surface area contributed by atoms with E-state index in [1.807, 2.05) is 6.92 Å². The molecule has 0 unspecified atom stereocenters. The number of carbonyl (C=O) groups is 1. The first-order valence-corrected chi connectivity index (χ1v) is 1.99. The van der Waals surface area contributed by atoms with Crippen molar-refractivity contribution >= 4 is 43.7 Å². The molecule has 0 aromatic rings. The van der Waals surface area contributed by atoms with Crippen LogP contribution in [0.3, 0.4) is 0 Å². The summed E-state index contributed by atoms with van der Waals surface area (Å²) in [6.07, 6.45) is 1.02. The Morgan fingerprint density at radius 1 is 1.75 bits per heavy atom. The first kappa shape index (κ1) is 15.9. The predicted octanol–water partition coefficient (Wildman–Crippen LogP) is 0.158. The predicted molar refractivity (Wildman–Crippen MR) is 36.1 cm³/mol. The fourth-order valence-corrected chi connectivity index (χ4v) is 0.214. The van der Waals surface area contributed by atoms with E-state index in [4.69, 9.17) is 5.11 Å². The van der Waals surface area contributed by atoms with Gasteiger partial charge in [-0.3, -0.25) is 4.79 Å². The summed E-state index contributed by atoms with van der Waals surface area (Å²) >= 11 is 0. The molecule has 0 aromatic heterocycles. The van der Waals surface area contributed by atoms with E-state index in [1.165, 1.54) is 0 Å². The third kappa shape index (κ3) is 15.9. The fraction of sp³-hybridized carbons (Fsp3) is 0.750. The molecule has 0 fully saturated rings. The van der Waals surface area contributed by atoms with Gasteiger partial charge in [0.25, 0.3) is 0 Å². The average Bonchev–Trinajstić information content (AvgIpc) is 1.35. The molecule has 0 amide bonds. The summed E-state index contributed by atoms with van der Waals surface area (Å²) in [7, 11) is 0. The molecule has 0 saturated carbocycles. The third-order valence-electron chi connectivity index (χ3n) is 0.464. The van der Waals surface area contributed by atoms with Gasteiger partial charge in [0.05, 0.1) is 0 Å². The van der Waals surface area contributed by atoms with Crippen molar-refractivity contribution in [2.75, 3.05) is 0 Å². The zero-order valence-corrected chi connectivity index (χ0v) is 7.19. The van der Waals surface area contributed by atoms with Gasteiger partial charge in [-0.15, -0.1) is 0 Å². The second-order valence-electron chi connectivity index (χ2n) is 1.14. The van der Waals surface area contributed by atoms with E-state index in [0.717, 1.165) is 6.42 Å². The molecule has 3 nitrogen and oxygen atoms in total. The molecule has 0 saturated heterocycles. The number of carboxylic acid groups (broad SMARTS) is 1. The minimum Gasteiger partial charge on any atom is -0.481 e. The summed E-state index contributed by atoms with van der Waals surface area (Å²) in [5.74, 6) is -0.711. The van der Waals surface area contributed by atoms with Crippen LogP contribution < -0.4 is 0 Å². The number of hydrogen-bond donors (Lipinski definition) is 1. The maximum atomic E-state index is 9.60. The standard InChI is InChI=1S/C4H8O2.Ca.H2O.2H2/c1-2-3-4(5)6;;;;/h2-3H2,1H3,(H,5,6);;1H2;2*1H. The Kier molecular flexibility index (Phi) is 21.1. The largest absolute Gasteiger partial charge is 0.481 e. The van der Waals surface area contributed by atoms with Crippen LogP contribution >= 0.6 is 0 Å². The first-order valence-electron chi connectivity index (χ1n) is 1.99. The monoisotopic (exact) mass is 150 g/mol. The molecule has 8 heavy (non-hydrogen) atoms. The topological polar surface area (TPSA) is 68.8 Å². The van der Waals surface area contributed by atoms with Crippen molar-refractivity contribution in [3.8, 4) is 0 Å². The van der Waals surface area contributed by atoms with Gasteiger partial charge in [0, 0.05) is 47.0 Å². The molecule has 2 radical (unpaired) electrons. The van der Waals surface area contributed by atoms with Gasteiger partial charge in [-0.05, 0) is 6.42 Å². The van der Waals surface area contributed by atoms with Gasteiger partial charge in [-0.2, -0.15) is 0 Å². The minimum absolute atomic E-state index is 0. The van der Waals surface area contributed by atoms with Crippen LogP contribution in [-0.2, 0) is 4.79 Å². The zero-order valence-electron chi connectivity index (χ0n) is 4.98. The quantitative estimate of drug-likeness (QED) is 0.569. The molecular weight excluding hydrogens is 136 g/mol. The van der Waals surface area contributed by atoms with Crippen LogP contribution in [0.15, 0.2) is 0 Å². The van der Waals surface area contributed by atoms with E-state index in [9.17, 15) is 4.79 Å². The van der Waals surface area contributed by atoms with Crippen LogP contribution in [0.1, 0.15) is 22.6 Å². The molecular formula is C4H14CaO3. The van der Waals surface area contributed by atoms with E-state index >= 15 is 0 Å². The number of aliphatic carboxylic acids is 1. The zero-order chi connectivity index (χ0) is 4.99. The van der Waals surface area contributed by atoms with Crippen LogP contribution in [-0.4, -0.2) is 54.3 Å². The smallest absolute Gasteiger partial charge is 0.303 e. The minimum atomic E-state index is -0.711. The van der Waals surface area contributed by atoms with Crippen LogP contribution in [0.2, 0.25) is 0 Å². The normalized spacial score (nSPS) is 6.12. The summed E-state index contributed by atoms with van der Waals surface area (Å²) in [6, 6.07) is 0. The molecule has 0 spiro atoms. The van der Waals surface area contributed by atoms with Crippen molar-refractivity contribution in [1.82, 2.24) is 0 Å². The van der Waals surface area contributed by atoms with Crippen LogP contribution in [0.5, 0.6) is 0 Å². The second kappa shape index (κ2) is 10.6. The van der Waals surface area contributed by atoms with Crippen LogP contribution in [0, 0.1) is 0 Å². The summed E-state index contributed by atoms with van der Waals surface area (Å²) in [5.41, 5.74) is 0. The Morgan fingerprint density at radius 2 is 2.12 bits per heavy atom. The maximum Gasteiger partial charge on any atom is 0.303 e. The summed E-state index contributed by atoms with van der Waals surface area (Å²) < 4.78 is 0. The maximum absolute atomic E-state index is 9.60. The number of hydrogen-bond acceptors (Lipinski definition) is 1. The van der Waals surface area contributed by atoms with E-state index < -0.39 is 5.97 Å². The molecule has 4 heteroatoms. The first-order chi connectivity index (χ1) is 2.77. The Labute approximate surface area is 81.4 Å². The van der Waals surface area contributed by atoms with Gasteiger partial charge in [-0.1, -0.05) is 6.92 Å². The molecule has 50 valence electrons. The molecule has 0 heterocycles. The molecule has 0 aliphatic carbocycles. The SMILES string of the molecule is CCCC(=O)O.O.[Ca].[HH].[HH]. The van der Waals surface area contributed by atoms with Gasteiger partial charge in [-0.25, -0.2) is 0 Å². The van der Waals surface area contributed by atoms with Crippen molar-refractivity contribution in [3.05, 3.63) is 0 Å². The van der Waals surface area contributed by atoms with E-state index in [-0.39, 0.29) is 46.1 Å². The Morgan fingerprint density at radius 3 is 2.12 bits per heavy atom. The molecule has 0 aromatic carbocycles. The van der Waals surface area contributed by atoms with Crippen molar-refractivity contribution < 1.29 is 18.2 Å². The molecule has 0 aliphatic heterocycles. The van der Waals surface area contributed by atoms with Crippen molar-refractivity contribution in [2.45, 2.75) is 19.8 Å². The third-order valence-corrected chi connectivity index (χ3v) is 0.464. The van der Waals surface area contributed by atoms with Gasteiger partial charge < -0.3 is 10.6 Å². The average molecular weight is 150 g/mol. The van der Waals surface area contributed by atoms with Gasteiger partial charge in [0.2, 0.25) is 0 Å². The van der Waals surface area contributed by atoms with Crippen molar-refractivity contribution in [2.24, 2.45) is 0 Å². The molecule has 0 aliphatic rings. The fourth-order valence-electron chi connectivity index (χ4n) is 0.214. The summed E-state index contributed by atoms with van der Waals surface area (Å²) in [4.78, 5) is 9.60. The Balaban J connectivity index is -0.0000000208. The number of carboxylic acids is 1.